The molecule has 0 unspecified atom stereocenters. The summed E-state index contributed by atoms with van der Waals surface area (Å²) in [6, 6.07) is 10.1. The summed E-state index contributed by atoms with van der Waals surface area (Å²) < 4.78 is 5.33. The van der Waals surface area contributed by atoms with Crippen LogP contribution in [0.1, 0.15) is 11.3 Å². The molecule has 1 N–H and O–H groups in total. The van der Waals surface area contributed by atoms with E-state index in [9.17, 15) is 0 Å². The number of rotatable bonds is 1. The standard InChI is InChI=1S/C11H10N2O/c1-2-4-8(5-3-1)11-9-6-12-7-10(9)13-14-11/h1-5,12H,6-7H2. The second-order valence-electron chi connectivity index (χ2n) is 3.41. The predicted octanol–water partition coefficient (Wildman–Crippen LogP) is 1.94. The van der Waals surface area contributed by atoms with Gasteiger partial charge in [-0.3, -0.25) is 0 Å². The first-order chi connectivity index (χ1) is 6.95. The molecule has 14 heavy (non-hydrogen) atoms. The molecule has 0 radical (unpaired) electrons. The second kappa shape index (κ2) is 2.96. The lowest BCUT2D eigenvalue weighted by Crippen LogP contribution is -2.01. The Morgan fingerprint density at radius 1 is 1.14 bits per heavy atom. The van der Waals surface area contributed by atoms with Gasteiger partial charge in [-0.15, -0.1) is 0 Å². The maximum atomic E-state index is 5.33. The number of nitrogens with one attached hydrogen (secondary N) is 1. The van der Waals surface area contributed by atoms with E-state index in [1.165, 1.54) is 5.56 Å². The van der Waals surface area contributed by atoms with Crippen molar-refractivity contribution in [3.8, 4) is 11.3 Å². The van der Waals surface area contributed by atoms with Gasteiger partial charge in [0.25, 0.3) is 0 Å². The van der Waals surface area contributed by atoms with Crippen LogP contribution in [0.4, 0.5) is 0 Å². The van der Waals surface area contributed by atoms with Crippen LogP contribution in [0, 0.1) is 0 Å². The lowest BCUT2D eigenvalue weighted by molar-refractivity contribution is 0.417. The van der Waals surface area contributed by atoms with Crippen molar-refractivity contribution in [3.63, 3.8) is 0 Å². The molecule has 0 atom stereocenters. The Balaban J connectivity index is 2.13. The molecule has 1 aliphatic heterocycles. The van der Waals surface area contributed by atoms with E-state index >= 15 is 0 Å². The summed E-state index contributed by atoms with van der Waals surface area (Å²) in [7, 11) is 0. The van der Waals surface area contributed by atoms with Gasteiger partial charge in [0.1, 0.15) is 5.69 Å². The molecule has 3 nitrogen and oxygen atoms in total. The van der Waals surface area contributed by atoms with Crippen molar-refractivity contribution in [1.29, 1.82) is 0 Å². The molecule has 1 aromatic carbocycles. The van der Waals surface area contributed by atoms with Crippen LogP contribution >= 0.6 is 0 Å². The predicted molar refractivity (Wildman–Crippen MR) is 52.5 cm³/mol. The zero-order valence-corrected chi connectivity index (χ0v) is 7.66. The minimum absolute atomic E-state index is 0.825. The SMILES string of the molecule is c1ccc(-c2onc3c2CNC3)cc1. The molecule has 0 saturated carbocycles. The van der Waals surface area contributed by atoms with Crippen molar-refractivity contribution in [3.05, 3.63) is 41.6 Å². The molecule has 0 saturated heterocycles. The van der Waals surface area contributed by atoms with Gasteiger partial charge in [-0.25, -0.2) is 0 Å². The van der Waals surface area contributed by atoms with Crippen LogP contribution in [-0.4, -0.2) is 5.16 Å². The van der Waals surface area contributed by atoms with Crippen LogP contribution in [0.5, 0.6) is 0 Å². The number of benzene rings is 1. The number of hydrogen-bond acceptors (Lipinski definition) is 3. The third-order valence-electron chi connectivity index (χ3n) is 2.50. The van der Waals surface area contributed by atoms with Crippen LogP contribution in [0.15, 0.2) is 34.9 Å². The fraction of sp³-hybridized carbons (Fsp3) is 0.182. The molecule has 2 heterocycles. The minimum atomic E-state index is 0.825. The van der Waals surface area contributed by atoms with Gasteiger partial charge in [0, 0.05) is 24.2 Å². The van der Waals surface area contributed by atoms with Crippen molar-refractivity contribution >= 4 is 0 Å². The molecule has 0 fully saturated rings. The van der Waals surface area contributed by atoms with E-state index in [-0.39, 0.29) is 0 Å². The molecule has 0 bridgehead atoms. The van der Waals surface area contributed by atoms with E-state index in [0.29, 0.717) is 0 Å². The van der Waals surface area contributed by atoms with E-state index < -0.39 is 0 Å². The summed E-state index contributed by atoms with van der Waals surface area (Å²) in [5.41, 5.74) is 3.35. The summed E-state index contributed by atoms with van der Waals surface area (Å²) in [6.45, 7) is 1.69. The average molecular weight is 186 g/mol. The second-order valence-corrected chi connectivity index (χ2v) is 3.41. The summed E-state index contributed by atoms with van der Waals surface area (Å²) >= 11 is 0. The van der Waals surface area contributed by atoms with Gasteiger partial charge in [-0.05, 0) is 0 Å². The first kappa shape index (κ1) is 7.76. The molecule has 3 rings (SSSR count). The number of fused-ring (bicyclic) bond motifs is 1. The summed E-state index contributed by atoms with van der Waals surface area (Å²) in [5.74, 6) is 0.908. The van der Waals surface area contributed by atoms with Crippen LogP contribution < -0.4 is 5.32 Å². The zero-order valence-electron chi connectivity index (χ0n) is 7.66. The van der Waals surface area contributed by atoms with Crippen LogP contribution in [0.3, 0.4) is 0 Å². The molecule has 1 aromatic heterocycles. The lowest BCUT2D eigenvalue weighted by Gasteiger charge is -1.96. The van der Waals surface area contributed by atoms with Crippen molar-refractivity contribution in [2.75, 3.05) is 0 Å². The highest BCUT2D eigenvalue weighted by molar-refractivity contribution is 5.62. The Morgan fingerprint density at radius 3 is 2.86 bits per heavy atom. The molecule has 3 heteroatoms. The Morgan fingerprint density at radius 2 is 2.00 bits per heavy atom. The molecular formula is C11H10N2O. The van der Waals surface area contributed by atoms with Gasteiger partial charge in [0.05, 0.1) is 0 Å². The van der Waals surface area contributed by atoms with Gasteiger partial charge < -0.3 is 9.84 Å². The van der Waals surface area contributed by atoms with E-state index in [2.05, 4.69) is 10.5 Å². The normalized spacial score (nSPS) is 14.3. The Kier molecular flexibility index (Phi) is 1.64. The number of aromatic nitrogens is 1. The van der Waals surface area contributed by atoms with E-state index in [4.69, 9.17) is 4.52 Å². The topological polar surface area (TPSA) is 38.1 Å². The molecule has 2 aromatic rings. The molecule has 1 aliphatic rings. The summed E-state index contributed by atoms with van der Waals surface area (Å²) in [5, 5.41) is 7.29. The number of nitrogens with zero attached hydrogens (tertiary/aromatic N) is 1. The van der Waals surface area contributed by atoms with E-state index in [1.807, 2.05) is 30.3 Å². The fourth-order valence-corrected chi connectivity index (χ4v) is 1.79. The molecular weight excluding hydrogens is 176 g/mol. The smallest absolute Gasteiger partial charge is 0.171 e. The zero-order chi connectivity index (χ0) is 9.38. The largest absolute Gasteiger partial charge is 0.356 e. The number of hydrogen-bond donors (Lipinski definition) is 1. The van der Waals surface area contributed by atoms with Crippen molar-refractivity contribution < 1.29 is 4.52 Å². The average Bonchev–Trinajstić information content (AvgIpc) is 2.79. The quantitative estimate of drug-likeness (QED) is 0.739. The van der Waals surface area contributed by atoms with Crippen molar-refractivity contribution in [2.24, 2.45) is 0 Å². The summed E-state index contributed by atoms with van der Waals surface area (Å²) in [6.07, 6.45) is 0. The first-order valence-corrected chi connectivity index (χ1v) is 4.69. The monoisotopic (exact) mass is 186 g/mol. The van der Waals surface area contributed by atoms with Crippen molar-refractivity contribution in [2.45, 2.75) is 13.1 Å². The molecule has 0 spiro atoms. The molecule has 70 valence electrons. The first-order valence-electron chi connectivity index (χ1n) is 4.69. The summed E-state index contributed by atoms with van der Waals surface area (Å²) in [4.78, 5) is 0. The minimum Gasteiger partial charge on any atom is -0.356 e. The van der Waals surface area contributed by atoms with Gasteiger partial charge >= 0.3 is 0 Å². The fourth-order valence-electron chi connectivity index (χ4n) is 1.79. The highest BCUT2D eigenvalue weighted by Crippen LogP contribution is 2.28. The maximum absolute atomic E-state index is 5.33. The van der Waals surface area contributed by atoms with E-state index in [1.54, 1.807) is 0 Å². The van der Waals surface area contributed by atoms with Crippen molar-refractivity contribution in [1.82, 2.24) is 10.5 Å². The highest BCUT2D eigenvalue weighted by atomic mass is 16.5. The molecule has 0 aliphatic carbocycles. The third kappa shape index (κ3) is 1.06. The molecule has 0 amide bonds. The van der Waals surface area contributed by atoms with E-state index in [0.717, 1.165) is 30.1 Å². The van der Waals surface area contributed by atoms with Gasteiger partial charge in [0.15, 0.2) is 5.76 Å². The maximum Gasteiger partial charge on any atom is 0.171 e. The van der Waals surface area contributed by atoms with Gasteiger partial charge in [-0.1, -0.05) is 35.5 Å². The van der Waals surface area contributed by atoms with Crippen LogP contribution in [-0.2, 0) is 13.1 Å². The Labute approximate surface area is 81.7 Å². The van der Waals surface area contributed by atoms with Crippen LogP contribution in [0.25, 0.3) is 11.3 Å². The Bertz CT molecular complexity index is 448. The lowest BCUT2D eigenvalue weighted by atomic mass is 10.1. The van der Waals surface area contributed by atoms with Crippen LogP contribution in [0.2, 0.25) is 0 Å². The van der Waals surface area contributed by atoms with Gasteiger partial charge in [-0.2, -0.15) is 0 Å². The van der Waals surface area contributed by atoms with Gasteiger partial charge in [0.2, 0.25) is 0 Å². The Hall–Kier alpha value is -1.61. The third-order valence-corrected chi connectivity index (χ3v) is 2.50. The highest BCUT2D eigenvalue weighted by Gasteiger charge is 2.20.